The van der Waals surface area contributed by atoms with Crippen LogP contribution < -0.4 is 0 Å². The van der Waals surface area contributed by atoms with Crippen molar-refractivity contribution in [2.24, 2.45) is 0 Å². The van der Waals surface area contributed by atoms with E-state index in [9.17, 15) is 20.4 Å². The maximum atomic E-state index is 10.6. The molecule has 0 aliphatic heterocycles. The molecule has 3 aromatic rings. The van der Waals surface area contributed by atoms with E-state index in [1.54, 1.807) is 30.3 Å². The lowest BCUT2D eigenvalue weighted by atomic mass is 9.73. The lowest BCUT2D eigenvalue weighted by Gasteiger charge is -2.31. The van der Waals surface area contributed by atoms with E-state index < -0.39 is 10.8 Å². The first-order valence-electron chi connectivity index (χ1n) is 9.19. The van der Waals surface area contributed by atoms with Crippen molar-refractivity contribution < 1.29 is 20.4 Å². The summed E-state index contributed by atoms with van der Waals surface area (Å²) in [6.45, 7) is 7.99. The van der Waals surface area contributed by atoms with Crippen LogP contribution in [0.5, 0.6) is 23.0 Å². The smallest absolute Gasteiger partial charge is 0.161 e. The van der Waals surface area contributed by atoms with Crippen LogP contribution in [0.1, 0.15) is 49.9 Å². The van der Waals surface area contributed by atoms with E-state index in [0.717, 1.165) is 16.7 Å². The summed E-state index contributed by atoms with van der Waals surface area (Å²) in [7, 11) is 0. The predicted octanol–water partition coefficient (Wildman–Crippen LogP) is 5.16. The fourth-order valence-corrected chi connectivity index (χ4v) is 3.53. The van der Waals surface area contributed by atoms with Gasteiger partial charge in [-0.2, -0.15) is 0 Å². The Morgan fingerprint density at radius 3 is 1.43 bits per heavy atom. The van der Waals surface area contributed by atoms with Gasteiger partial charge in [-0.25, -0.2) is 0 Å². The van der Waals surface area contributed by atoms with E-state index in [1.807, 2.05) is 58.0 Å². The van der Waals surface area contributed by atoms with Gasteiger partial charge in [0.15, 0.2) is 11.5 Å². The normalized spacial score (nSPS) is 12.1. The fourth-order valence-electron chi connectivity index (χ4n) is 3.53. The van der Waals surface area contributed by atoms with Gasteiger partial charge in [0, 0.05) is 16.4 Å². The Morgan fingerprint density at radius 2 is 0.964 bits per heavy atom. The van der Waals surface area contributed by atoms with Crippen molar-refractivity contribution >= 4 is 0 Å². The molecule has 0 aliphatic carbocycles. The molecule has 0 fully saturated rings. The molecular weight excluding hydrogens is 352 g/mol. The van der Waals surface area contributed by atoms with E-state index in [4.69, 9.17) is 0 Å². The molecule has 3 rings (SSSR count). The fraction of sp³-hybridized carbons (Fsp3) is 0.250. The minimum Gasteiger partial charge on any atom is -0.508 e. The van der Waals surface area contributed by atoms with Crippen LogP contribution in [0.4, 0.5) is 0 Å². The summed E-state index contributed by atoms with van der Waals surface area (Å²) in [4.78, 5) is 0. The highest BCUT2D eigenvalue weighted by molar-refractivity contribution is 5.57. The van der Waals surface area contributed by atoms with Gasteiger partial charge in [0.05, 0.1) is 0 Å². The highest BCUT2D eigenvalue weighted by Gasteiger charge is 2.32. The molecule has 0 bridgehead atoms. The molecule has 0 spiro atoms. The van der Waals surface area contributed by atoms with E-state index >= 15 is 0 Å². The highest BCUT2D eigenvalue weighted by Crippen LogP contribution is 2.45. The van der Waals surface area contributed by atoms with E-state index in [2.05, 4.69) is 0 Å². The molecule has 0 aliphatic rings. The summed E-state index contributed by atoms with van der Waals surface area (Å²) in [5.74, 6) is 0.0469. The molecule has 0 radical (unpaired) electrons. The van der Waals surface area contributed by atoms with Crippen LogP contribution in [0.2, 0.25) is 0 Å². The molecule has 0 heterocycles. The first kappa shape index (κ1) is 19.6. The molecule has 0 saturated carbocycles. The average molecular weight is 378 g/mol. The Balaban J connectivity index is 2.15. The molecule has 3 aromatic carbocycles. The zero-order valence-corrected chi connectivity index (χ0v) is 16.6. The molecular formula is C24H26O4. The molecule has 0 unspecified atom stereocenters. The highest BCUT2D eigenvalue weighted by atomic mass is 16.3. The molecule has 4 N–H and O–H groups in total. The van der Waals surface area contributed by atoms with Crippen molar-refractivity contribution in [3.05, 3.63) is 82.9 Å². The SMILES string of the molecule is CC(C)(c1ccc(O)cc1)c1cc(O)c(O)c(C(C)(C)c2ccc(O)cc2)c1. The van der Waals surface area contributed by atoms with Crippen LogP contribution >= 0.6 is 0 Å². The van der Waals surface area contributed by atoms with Gasteiger partial charge in [-0.15, -0.1) is 0 Å². The van der Waals surface area contributed by atoms with Gasteiger partial charge < -0.3 is 20.4 Å². The van der Waals surface area contributed by atoms with Gasteiger partial charge in [-0.1, -0.05) is 58.0 Å². The third-order valence-corrected chi connectivity index (χ3v) is 5.66. The van der Waals surface area contributed by atoms with Crippen molar-refractivity contribution in [2.75, 3.05) is 0 Å². The van der Waals surface area contributed by atoms with Crippen molar-refractivity contribution in [1.29, 1.82) is 0 Å². The lowest BCUT2D eigenvalue weighted by molar-refractivity contribution is 0.389. The van der Waals surface area contributed by atoms with Crippen LogP contribution in [0.3, 0.4) is 0 Å². The number of rotatable bonds is 4. The Hall–Kier alpha value is -3.14. The topological polar surface area (TPSA) is 80.9 Å². The van der Waals surface area contributed by atoms with Crippen LogP contribution in [0, 0.1) is 0 Å². The van der Waals surface area contributed by atoms with Gasteiger partial charge in [0.2, 0.25) is 0 Å². The quantitative estimate of drug-likeness (QED) is 0.473. The van der Waals surface area contributed by atoms with E-state index in [-0.39, 0.29) is 23.0 Å². The molecule has 4 heteroatoms. The minimum absolute atomic E-state index is 0.150. The second-order valence-electron chi connectivity index (χ2n) is 8.24. The first-order valence-corrected chi connectivity index (χ1v) is 9.19. The van der Waals surface area contributed by atoms with Crippen LogP contribution in [-0.2, 0) is 10.8 Å². The largest absolute Gasteiger partial charge is 0.508 e. The zero-order chi connectivity index (χ0) is 20.7. The third-order valence-electron chi connectivity index (χ3n) is 5.66. The maximum Gasteiger partial charge on any atom is 0.161 e. The van der Waals surface area contributed by atoms with Gasteiger partial charge in [-0.3, -0.25) is 0 Å². The van der Waals surface area contributed by atoms with Gasteiger partial charge in [0.25, 0.3) is 0 Å². The molecule has 28 heavy (non-hydrogen) atoms. The van der Waals surface area contributed by atoms with E-state index in [1.165, 1.54) is 0 Å². The Bertz CT molecular complexity index is 984. The Morgan fingerprint density at radius 1 is 0.536 bits per heavy atom. The third kappa shape index (κ3) is 3.38. The lowest BCUT2D eigenvalue weighted by Crippen LogP contribution is -2.23. The zero-order valence-electron chi connectivity index (χ0n) is 16.6. The Kier molecular flexibility index (Phi) is 4.76. The summed E-state index contributed by atoms with van der Waals surface area (Å²) in [5, 5.41) is 40.2. The number of phenols is 4. The number of hydrogen-bond donors (Lipinski definition) is 4. The first-order chi connectivity index (χ1) is 13.0. The van der Waals surface area contributed by atoms with Crippen LogP contribution in [-0.4, -0.2) is 20.4 Å². The molecule has 4 nitrogen and oxygen atoms in total. The summed E-state index contributed by atoms with van der Waals surface area (Å²) in [6, 6.07) is 17.3. The standard InChI is InChI=1S/C24H26O4/c1-23(2,15-5-9-18(25)10-6-15)17-13-20(22(28)21(27)14-17)24(3,4)16-7-11-19(26)12-8-16/h5-14,25-28H,1-4H3. The van der Waals surface area contributed by atoms with Crippen molar-refractivity contribution in [3.63, 3.8) is 0 Å². The summed E-state index contributed by atoms with van der Waals surface area (Å²) >= 11 is 0. The summed E-state index contributed by atoms with van der Waals surface area (Å²) in [5.41, 5.74) is 2.26. The minimum atomic E-state index is -0.601. The predicted molar refractivity (Wildman–Crippen MR) is 110 cm³/mol. The number of aromatic hydroxyl groups is 4. The number of benzene rings is 3. The van der Waals surface area contributed by atoms with Crippen molar-refractivity contribution in [2.45, 2.75) is 38.5 Å². The summed E-state index contributed by atoms with van der Waals surface area (Å²) in [6.07, 6.45) is 0. The van der Waals surface area contributed by atoms with E-state index in [0.29, 0.717) is 5.56 Å². The van der Waals surface area contributed by atoms with Crippen LogP contribution in [0.15, 0.2) is 60.7 Å². The van der Waals surface area contributed by atoms with Gasteiger partial charge in [0.1, 0.15) is 11.5 Å². The van der Waals surface area contributed by atoms with Gasteiger partial charge in [-0.05, 0) is 47.0 Å². The second kappa shape index (κ2) is 6.79. The molecule has 0 aromatic heterocycles. The molecule has 0 amide bonds. The Labute approximate surface area is 165 Å². The number of phenolic OH excluding ortho intramolecular Hbond substituents is 4. The van der Waals surface area contributed by atoms with Crippen molar-refractivity contribution in [1.82, 2.24) is 0 Å². The van der Waals surface area contributed by atoms with Crippen molar-refractivity contribution in [3.8, 4) is 23.0 Å². The second-order valence-corrected chi connectivity index (χ2v) is 8.24. The number of hydrogen-bond acceptors (Lipinski definition) is 4. The molecule has 146 valence electrons. The monoisotopic (exact) mass is 378 g/mol. The maximum absolute atomic E-state index is 10.6. The molecule has 0 saturated heterocycles. The van der Waals surface area contributed by atoms with Gasteiger partial charge >= 0.3 is 0 Å². The van der Waals surface area contributed by atoms with Crippen LogP contribution in [0.25, 0.3) is 0 Å². The summed E-state index contributed by atoms with van der Waals surface area (Å²) < 4.78 is 0. The average Bonchev–Trinajstić information content (AvgIpc) is 2.64. The molecule has 0 atom stereocenters.